The number of nitrogens with zero attached hydrogens (tertiary/aromatic N) is 1. The number of rotatable bonds is 5. The quantitative estimate of drug-likeness (QED) is 0.342. The molecule has 0 heterocycles. The van der Waals surface area contributed by atoms with Gasteiger partial charge < -0.3 is 25.6 Å². The number of phenolic OH excluding ortho intramolecular Hbond substituents is 1. The standard InChI is InChI=1S/C16H16F3N3O3.HI/c1-24-13-4-2-3-10(14(13)23)9-21-15(20)22-11-5-7-12(8-6-11)25-16(17,18)19;/h2-8,23H,9H2,1H3,(H3,20,21,22);1H. The summed E-state index contributed by atoms with van der Waals surface area (Å²) in [5, 5.41) is 12.7. The molecule has 142 valence electrons. The molecule has 0 saturated carbocycles. The van der Waals surface area contributed by atoms with Crippen molar-refractivity contribution in [3.63, 3.8) is 0 Å². The predicted molar refractivity (Wildman–Crippen MR) is 102 cm³/mol. The Morgan fingerprint density at radius 1 is 1.19 bits per heavy atom. The molecule has 0 unspecified atom stereocenters. The second kappa shape index (κ2) is 9.36. The number of nitrogens with two attached hydrogens (primary N) is 1. The van der Waals surface area contributed by atoms with Crippen LogP contribution in [0, 0.1) is 0 Å². The fraction of sp³-hybridized carbons (Fsp3) is 0.188. The van der Waals surface area contributed by atoms with Gasteiger partial charge in [-0.3, -0.25) is 0 Å². The van der Waals surface area contributed by atoms with E-state index >= 15 is 0 Å². The lowest BCUT2D eigenvalue weighted by molar-refractivity contribution is -0.274. The smallest absolute Gasteiger partial charge is 0.504 e. The Balaban J connectivity index is 0.00000338. The Morgan fingerprint density at radius 3 is 2.42 bits per heavy atom. The first-order valence-corrected chi connectivity index (χ1v) is 7.06. The second-order valence-electron chi connectivity index (χ2n) is 4.87. The molecule has 0 spiro atoms. The van der Waals surface area contributed by atoms with E-state index in [0.29, 0.717) is 17.0 Å². The SMILES string of the molecule is COc1cccc(CN=C(N)Nc2ccc(OC(F)(F)F)cc2)c1O.I. The van der Waals surface area contributed by atoms with Crippen molar-refractivity contribution in [3.05, 3.63) is 48.0 Å². The minimum absolute atomic E-state index is 0. The third-order valence-corrected chi connectivity index (χ3v) is 3.08. The molecule has 0 aliphatic heterocycles. The number of aromatic hydroxyl groups is 1. The highest BCUT2D eigenvalue weighted by molar-refractivity contribution is 14.0. The third kappa shape index (κ3) is 6.50. The molecule has 2 aromatic carbocycles. The van der Waals surface area contributed by atoms with Gasteiger partial charge >= 0.3 is 6.36 Å². The molecule has 0 fully saturated rings. The van der Waals surface area contributed by atoms with Crippen molar-refractivity contribution >= 4 is 35.6 Å². The number of para-hydroxylation sites is 1. The van der Waals surface area contributed by atoms with Crippen LogP contribution in [0.5, 0.6) is 17.2 Å². The average molecular weight is 483 g/mol. The lowest BCUT2D eigenvalue weighted by atomic mass is 10.2. The Morgan fingerprint density at radius 2 is 1.85 bits per heavy atom. The number of phenols is 1. The number of methoxy groups -OCH3 is 1. The van der Waals surface area contributed by atoms with Gasteiger partial charge in [0.1, 0.15) is 5.75 Å². The van der Waals surface area contributed by atoms with Crippen molar-refractivity contribution in [2.45, 2.75) is 12.9 Å². The number of hydrogen-bond acceptors (Lipinski definition) is 4. The Labute approximate surface area is 164 Å². The van der Waals surface area contributed by atoms with Crippen molar-refractivity contribution < 1.29 is 27.8 Å². The van der Waals surface area contributed by atoms with Gasteiger partial charge in [-0.2, -0.15) is 0 Å². The summed E-state index contributed by atoms with van der Waals surface area (Å²) in [6.07, 6.45) is -4.74. The Hall–Kier alpha value is -2.37. The van der Waals surface area contributed by atoms with Gasteiger partial charge in [0.25, 0.3) is 0 Å². The molecule has 2 rings (SSSR count). The van der Waals surface area contributed by atoms with Crippen molar-refractivity contribution in [1.82, 2.24) is 0 Å². The molecule has 6 nitrogen and oxygen atoms in total. The minimum Gasteiger partial charge on any atom is -0.504 e. The number of aliphatic imine (C=N–C) groups is 1. The summed E-state index contributed by atoms with van der Waals surface area (Å²) in [6, 6.07) is 10.0. The Kier molecular flexibility index (Phi) is 7.80. The molecule has 2 aromatic rings. The number of ether oxygens (including phenoxy) is 2. The van der Waals surface area contributed by atoms with Crippen molar-refractivity contribution in [2.75, 3.05) is 12.4 Å². The normalized spacial score (nSPS) is 11.5. The van der Waals surface area contributed by atoms with Crippen molar-refractivity contribution in [1.29, 1.82) is 0 Å². The van der Waals surface area contributed by atoms with Gasteiger partial charge in [0.2, 0.25) is 0 Å². The van der Waals surface area contributed by atoms with E-state index < -0.39 is 6.36 Å². The highest BCUT2D eigenvalue weighted by Gasteiger charge is 2.30. The number of guanidine groups is 1. The summed E-state index contributed by atoms with van der Waals surface area (Å²) in [7, 11) is 1.43. The van der Waals surface area contributed by atoms with Crippen LogP contribution in [0.3, 0.4) is 0 Å². The number of anilines is 1. The molecule has 26 heavy (non-hydrogen) atoms. The van der Waals surface area contributed by atoms with Gasteiger partial charge in [-0.05, 0) is 30.3 Å². The molecule has 0 aliphatic carbocycles. The number of hydrogen-bond donors (Lipinski definition) is 3. The molecule has 0 atom stereocenters. The minimum atomic E-state index is -4.74. The first kappa shape index (κ1) is 21.7. The van der Waals surface area contributed by atoms with Crippen LogP contribution in [0.15, 0.2) is 47.5 Å². The number of halogens is 4. The molecular formula is C16H17F3IN3O3. The molecule has 10 heteroatoms. The van der Waals surface area contributed by atoms with E-state index in [1.807, 2.05) is 0 Å². The zero-order valence-electron chi connectivity index (χ0n) is 13.6. The maximum Gasteiger partial charge on any atom is 0.573 e. The van der Waals surface area contributed by atoms with Crippen LogP contribution < -0.4 is 20.5 Å². The van der Waals surface area contributed by atoms with E-state index in [9.17, 15) is 18.3 Å². The lowest BCUT2D eigenvalue weighted by Gasteiger charge is -2.10. The van der Waals surface area contributed by atoms with E-state index in [-0.39, 0.29) is 48.0 Å². The summed E-state index contributed by atoms with van der Waals surface area (Å²) in [4.78, 5) is 4.06. The molecule has 0 aliphatic rings. The summed E-state index contributed by atoms with van der Waals surface area (Å²) >= 11 is 0. The van der Waals surface area contributed by atoms with E-state index in [0.717, 1.165) is 12.1 Å². The summed E-state index contributed by atoms with van der Waals surface area (Å²) < 4.78 is 45.1. The fourth-order valence-electron chi connectivity index (χ4n) is 1.96. The second-order valence-corrected chi connectivity index (χ2v) is 4.87. The van der Waals surface area contributed by atoms with E-state index in [2.05, 4.69) is 15.0 Å². The molecule has 0 saturated heterocycles. The third-order valence-electron chi connectivity index (χ3n) is 3.08. The van der Waals surface area contributed by atoms with Gasteiger partial charge in [-0.25, -0.2) is 4.99 Å². The van der Waals surface area contributed by atoms with Crippen LogP contribution in [0.1, 0.15) is 5.56 Å². The molecular weight excluding hydrogens is 466 g/mol. The molecule has 0 amide bonds. The van der Waals surface area contributed by atoms with Crippen LogP contribution in [0.4, 0.5) is 18.9 Å². The number of benzene rings is 2. The lowest BCUT2D eigenvalue weighted by Crippen LogP contribution is -2.22. The first-order valence-electron chi connectivity index (χ1n) is 7.06. The van der Waals surface area contributed by atoms with Crippen LogP contribution >= 0.6 is 24.0 Å². The molecule has 0 aromatic heterocycles. The summed E-state index contributed by atoms with van der Waals surface area (Å²) in [6.45, 7) is 0.0944. The van der Waals surface area contributed by atoms with Crippen LogP contribution in [0.25, 0.3) is 0 Å². The molecule has 0 radical (unpaired) electrons. The van der Waals surface area contributed by atoms with Gasteiger partial charge in [0, 0.05) is 11.3 Å². The van der Waals surface area contributed by atoms with Gasteiger partial charge in [0.05, 0.1) is 13.7 Å². The monoisotopic (exact) mass is 483 g/mol. The van der Waals surface area contributed by atoms with E-state index in [1.165, 1.54) is 19.2 Å². The topological polar surface area (TPSA) is 89.1 Å². The van der Waals surface area contributed by atoms with E-state index in [4.69, 9.17) is 10.5 Å². The zero-order chi connectivity index (χ0) is 18.4. The highest BCUT2D eigenvalue weighted by Crippen LogP contribution is 2.29. The zero-order valence-corrected chi connectivity index (χ0v) is 15.9. The van der Waals surface area contributed by atoms with Crippen molar-refractivity contribution in [2.24, 2.45) is 10.7 Å². The number of alkyl halides is 3. The largest absolute Gasteiger partial charge is 0.573 e. The summed E-state index contributed by atoms with van der Waals surface area (Å²) in [5.41, 5.74) is 6.68. The highest BCUT2D eigenvalue weighted by atomic mass is 127. The first-order chi connectivity index (χ1) is 11.8. The van der Waals surface area contributed by atoms with Gasteiger partial charge in [-0.1, -0.05) is 12.1 Å². The fourth-order valence-corrected chi connectivity index (χ4v) is 1.96. The molecule has 0 bridgehead atoms. The maximum atomic E-state index is 12.1. The average Bonchev–Trinajstić information content (AvgIpc) is 2.54. The van der Waals surface area contributed by atoms with Gasteiger partial charge in [-0.15, -0.1) is 37.1 Å². The van der Waals surface area contributed by atoms with Crippen molar-refractivity contribution in [3.8, 4) is 17.2 Å². The maximum absolute atomic E-state index is 12.1. The predicted octanol–water partition coefficient (Wildman–Crippen LogP) is 3.84. The van der Waals surface area contributed by atoms with Gasteiger partial charge in [0.15, 0.2) is 17.5 Å². The van der Waals surface area contributed by atoms with Crippen LogP contribution in [-0.4, -0.2) is 24.5 Å². The Bertz CT molecular complexity index is 753. The van der Waals surface area contributed by atoms with Crippen LogP contribution in [-0.2, 0) is 6.54 Å². The number of nitrogens with one attached hydrogen (secondary N) is 1. The van der Waals surface area contributed by atoms with Crippen LogP contribution in [0.2, 0.25) is 0 Å². The molecule has 4 N–H and O–H groups in total. The summed E-state index contributed by atoms with van der Waals surface area (Å²) in [5.74, 6) is -0.0174. The van der Waals surface area contributed by atoms with E-state index in [1.54, 1.807) is 18.2 Å².